The predicted octanol–water partition coefficient (Wildman–Crippen LogP) is 5.25. The van der Waals surface area contributed by atoms with Crippen LogP contribution in [-0.2, 0) is 23.7 Å². The number of aliphatic carboxylic acids is 1. The summed E-state index contributed by atoms with van der Waals surface area (Å²) in [4.78, 5) is 48.4. The summed E-state index contributed by atoms with van der Waals surface area (Å²) >= 11 is 0. The maximum absolute atomic E-state index is 12.5. The van der Waals surface area contributed by atoms with Crippen molar-refractivity contribution < 1.29 is 52.7 Å². The Morgan fingerprint density at radius 2 is 1.31 bits per heavy atom. The van der Waals surface area contributed by atoms with Gasteiger partial charge in [0.05, 0.1) is 6.61 Å². The van der Waals surface area contributed by atoms with E-state index in [1.807, 2.05) is 27.7 Å². The molecule has 12 nitrogen and oxygen atoms in total. The van der Waals surface area contributed by atoms with E-state index >= 15 is 0 Å². The molecule has 5 atom stereocenters. The van der Waals surface area contributed by atoms with Crippen LogP contribution < -0.4 is 15.2 Å². The van der Waals surface area contributed by atoms with Crippen LogP contribution in [0.25, 0.3) is 0 Å². The van der Waals surface area contributed by atoms with Crippen molar-refractivity contribution in [1.82, 2.24) is 0 Å². The SMILES string of the molecule is CCOC(=O)OC(C)CC(c1ccc(OC(=O)OC(C)C(C)C)c(OC(=O)OC(C)C(C)C)c1)[C@H](N)C(=O)O. The second-order valence-corrected chi connectivity index (χ2v) is 9.86. The Bertz CT molecular complexity index is 978. The molecule has 3 N–H and O–H groups in total. The van der Waals surface area contributed by atoms with Gasteiger partial charge in [-0.1, -0.05) is 33.8 Å². The fourth-order valence-electron chi connectivity index (χ4n) is 3.11. The summed E-state index contributed by atoms with van der Waals surface area (Å²) in [7, 11) is 0. The molecule has 220 valence electrons. The fraction of sp³-hybridized carbons (Fsp3) is 0.630. The number of ether oxygens (including phenoxy) is 6. The minimum Gasteiger partial charge on any atom is -0.480 e. The van der Waals surface area contributed by atoms with Crippen molar-refractivity contribution in [2.45, 2.75) is 92.1 Å². The van der Waals surface area contributed by atoms with Crippen LogP contribution >= 0.6 is 0 Å². The lowest BCUT2D eigenvalue weighted by Crippen LogP contribution is -2.38. The Morgan fingerprint density at radius 1 is 0.795 bits per heavy atom. The molecule has 0 heterocycles. The Balaban J connectivity index is 3.38. The summed E-state index contributed by atoms with van der Waals surface area (Å²) < 4.78 is 31.1. The summed E-state index contributed by atoms with van der Waals surface area (Å²) in [6.07, 6.45) is -4.68. The molecule has 1 aromatic rings. The van der Waals surface area contributed by atoms with Gasteiger partial charge in [0.25, 0.3) is 0 Å². The van der Waals surface area contributed by atoms with Crippen molar-refractivity contribution in [3.63, 3.8) is 0 Å². The molecule has 1 aromatic carbocycles. The lowest BCUT2D eigenvalue weighted by molar-refractivity contribution is -0.139. The van der Waals surface area contributed by atoms with E-state index in [1.165, 1.54) is 18.2 Å². The molecule has 0 saturated carbocycles. The van der Waals surface area contributed by atoms with E-state index in [4.69, 9.17) is 34.2 Å². The van der Waals surface area contributed by atoms with Gasteiger partial charge in [0.1, 0.15) is 24.4 Å². The zero-order valence-electron chi connectivity index (χ0n) is 23.8. The fourth-order valence-corrected chi connectivity index (χ4v) is 3.11. The number of carbonyl (C=O) groups is 4. The highest BCUT2D eigenvalue weighted by Gasteiger charge is 2.31. The number of hydrogen-bond acceptors (Lipinski definition) is 11. The quantitative estimate of drug-likeness (QED) is 0.184. The predicted molar refractivity (Wildman–Crippen MR) is 140 cm³/mol. The van der Waals surface area contributed by atoms with Crippen LogP contribution in [0.3, 0.4) is 0 Å². The van der Waals surface area contributed by atoms with Crippen molar-refractivity contribution in [2.24, 2.45) is 17.6 Å². The van der Waals surface area contributed by atoms with E-state index in [2.05, 4.69) is 0 Å². The molecule has 0 radical (unpaired) electrons. The van der Waals surface area contributed by atoms with Gasteiger partial charge in [-0.15, -0.1) is 0 Å². The molecule has 0 aliphatic carbocycles. The average Bonchev–Trinajstić information content (AvgIpc) is 2.82. The Kier molecular flexibility index (Phi) is 13.5. The first-order chi connectivity index (χ1) is 18.2. The lowest BCUT2D eigenvalue weighted by atomic mass is 9.87. The molecule has 1 rings (SSSR count). The summed E-state index contributed by atoms with van der Waals surface area (Å²) in [5, 5.41) is 9.61. The van der Waals surface area contributed by atoms with Crippen LogP contribution in [-0.4, -0.2) is 60.5 Å². The van der Waals surface area contributed by atoms with Crippen molar-refractivity contribution in [1.29, 1.82) is 0 Å². The van der Waals surface area contributed by atoms with Gasteiger partial charge in [0.2, 0.25) is 0 Å². The molecule has 0 aromatic heterocycles. The summed E-state index contributed by atoms with van der Waals surface area (Å²) in [6.45, 7) is 14.1. The third kappa shape index (κ3) is 11.4. The monoisotopic (exact) mass is 555 g/mol. The first-order valence-electron chi connectivity index (χ1n) is 12.9. The molecular formula is C27H41NO11. The second kappa shape index (κ2) is 15.8. The standard InChI is InChI=1S/C27H41NO11/c1-9-34-25(31)35-16(6)12-20(23(28)24(29)30)19-10-11-21(38-26(32)36-17(7)14(2)3)22(13-19)39-27(33)37-18(8)15(4)5/h10-11,13-18,20,23H,9,12,28H2,1-8H3,(H,29,30)/t16?,17?,18?,20?,23-/m0/s1. The highest BCUT2D eigenvalue weighted by Crippen LogP contribution is 2.35. The Morgan fingerprint density at radius 3 is 1.77 bits per heavy atom. The normalized spacial score (nSPS) is 14.9. The molecular weight excluding hydrogens is 514 g/mol. The van der Waals surface area contributed by atoms with Crippen LogP contribution in [0.2, 0.25) is 0 Å². The topological polar surface area (TPSA) is 170 Å². The first kappa shape index (κ1) is 33.5. The van der Waals surface area contributed by atoms with Crippen LogP contribution in [0, 0.1) is 11.8 Å². The molecule has 0 aliphatic rings. The van der Waals surface area contributed by atoms with Gasteiger partial charge in [-0.05, 0) is 63.6 Å². The minimum atomic E-state index is -1.41. The van der Waals surface area contributed by atoms with Gasteiger partial charge in [-0.3, -0.25) is 4.79 Å². The molecule has 0 fully saturated rings. The molecule has 0 aliphatic heterocycles. The second-order valence-electron chi connectivity index (χ2n) is 9.86. The molecule has 0 bridgehead atoms. The van der Waals surface area contributed by atoms with Crippen molar-refractivity contribution in [2.75, 3.05) is 6.61 Å². The van der Waals surface area contributed by atoms with E-state index < -0.39 is 54.7 Å². The van der Waals surface area contributed by atoms with Crippen LogP contribution in [0.15, 0.2) is 18.2 Å². The number of carboxylic acids is 1. The van der Waals surface area contributed by atoms with Crippen molar-refractivity contribution in [3.8, 4) is 11.5 Å². The number of nitrogens with two attached hydrogens (primary N) is 1. The first-order valence-corrected chi connectivity index (χ1v) is 12.9. The van der Waals surface area contributed by atoms with Gasteiger partial charge in [-0.2, -0.15) is 0 Å². The van der Waals surface area contributed by atoms with E-state index in [0.29, 0.717) is 5.56 Å². The molecule has 12 heteroatoms. The van der Waals surface area contributed by atoms with Crippen molar-refractivity contribution >= 4 is 24.4 Å². The Hall–Kier alpha value is -3.54. The maximum Gasteiger partial charge on any atom is 0.514 e. The largest absolute Gasteiger partial charge is 0.514 e. The average molecular weight is 556 g/mol. The number of carbonyl (C=O) groups excluding carboxylic acids is 3. The minimum absolute atomic E-state index is 0.00526. The number of benzene rings is 1. The highest BCUT2D eigenvalue weighted by atomic mass is 16.8. The third-order valence-corrected chi connectivity index (χ3v) is 6.09. The highest BCUT2D eigenvalue weighted by molar-refractivity contribution is 5.75. The van der Waals surface area contributed by atoms with Crippen LogP contribution in [0.5, 0.6) is 11.5 Å². The van der Waals surface area contributed by atoms with Gasteiger partial charge in [0, 0.05) is 5.92 Å². The molecule has 0 saturated heterocycles. The van der Waals surface area contributed by atoms with Crippen molar-refractivity contribution in [3.05, 3.63) is 23.8 Å². The molecule has 0 spiro atoms. The zero-order chi connectivity index (χ0) is 29.9. The van der Waals surface area contributed by atoms with Crippen LogP contribution in [0.4, 0.5) is 14.4 Å². The zero-order valence-corrected chi connectivity index (χ0v) is 23.8. The molecule has 39 heavy (non-hydrogen) atoms. The van der Waals surface area contributed by atoms with Gasteiger partial charge < -0.3 is 39.3 Å². The van der Waals surface area contributed by atoms with Gasteiger partial charge >= 0.3 is 24.4 Å². The van der Waals surface area contributed by atoms with Crippen LogP contribution in [0.1, 0.15) is 73.3 Å². The summed E-state index contributed by atoms with van der Waals surface area (Å²) in [5.41, 5.74) is 6.29. The van der Waals surface area contributed by atoms with Gasteiger partial charge in [-0.25, -0.2) is 14.4 Å². The third-order valence-electron chi connectivity index (χ3n) is 6.09. The van der Waals surface area contributed by atoms with E-state index in [0.717, 1.165) is 0 Å². The maximum atomic E-state index is 12.5. The van der Waals surface area contributed by atoms with Gasteiger partial charge in [0.15, 0.2) is 11.5 Å². The summed E-state index contributed by atoms with van der Waals surface area (Å²) in [6, 6.07) is 2.69. The molecule has 0 amide bonds. The smallest absolute Gasteiger partial charge is 0.480 e. The number of rotatable bonds is 13. The van der Waals surface area contributed by atoms with E-state index in [9.17, 15) is 24.3 Å². The number of carboxylic acid groups (broad SMARTS) is 1. The molecule has 4 unspecified atom stereocenters. The van der Waals surface area contributed by atoms with E-state index in [-0.39, 0.29) is 36.4 Å². The summed E-state index contributed by atoms with van der Waals surface area (Å²) in [5.74, 6) is -2.55. The number of hydrogen-bond donors (Lipinski definition) is 2. The lowest BCUT2D eigenvalue weighted by Gasteiger charge is -2.25. The Labute approximate surface area is 229 Å². The van der Waals surface area contributed by atoms with E-state index in [1.54, 1.807) is 27.7 Å².